The number of rotatable bonds is 5. The fourth-order valence-corrected chi connectivity index (χ4v) is 2.03. The van der Waals surface area contributed by atoms with Crippen LogP contribution < -0.4 is 15.5 Å². The second kappa shape index (κ2) is 5.56. The van der Waals surface area contributed by atoms with Crippen molar-refractivity contribution in [1.82, 2.24) is 20.8 Å². The van der Waals surface area contributed by atoms with Gasteiger partial charge in [0.25, 0.3) is 0 Å². The lowest BCUT2D eigenvalue weighted by Gasteiger charge is -2.39. The number of nitrogens with zero attached hydrogens (tertiary/aromatic N) is 3. The topological polar surface area (TPSA) is 83.3 Å². The summed E-state index contributed by atoms with van der Waals surface area (Å²) >= 11 is 0. The number of carbonyl (C=O) groups excluding carboxylic acids is 1. The number of amides is 1. The zero-order valence-corrected chi connectivity index (χ0v) is 11.7. The molecule has 1 aromatic heterocycles. The summed E-state index contributed by atoms with van der Waals surface area (Å²) in [7, 11) is 0. The maximum atomic E-state index is 11.9. The van der Waals surface area contributed by atoms with Gasteiger partial charge in [-0.15, -0.1) is 5.10 Å². The Bertz CT molecular complexity index is 443. The Morgan fingerprint density at radius 2 is 2.26 bits per heavy atom. The quantitative estimate of drug-likeness (QED) is 0.746. The van der Waals surface area contributed by atoms with Crippen molar-refractivity contribution in [3.63, 3.8) is 0 Å². The van der Waals surface area contributed by atoms with Gasteiger partial charge in [0.1, 0.15) is 5.54 Å². The molecule has 1 fully saturated rings. The first-order chi connectivity index (χ1) is 9.05. The molecule has 1 amide bonds. The zero-order chi connectivity index (χ0) is 13.9. The number of hydrogen-bond acceptors (Lipinski definition) is 6. The van der Waals surface area contributed by atoms with Crippen molar-refractivity contribution in [2.75, 3.05) is 24.5 Å². The first-order valence-electron chi connectivity index (χ1n) is 6.64. The van der Waals surface area contributed by atoms with Crippen LogP contribution in [0.15, 0.2) is 4.42 Å². The lowest BCUT2D eigenvalue weighted by molar-refractivity contribution is -0.126. The lowest BCUT2D eigenvalue weighted by Crippen LogP contribution is -2.62. The molecule has 0 aliphatic carbocycles. The maximum Gasteiger partial charge on any atom is 0.319 e. The van der Waals surface area contributed by atoms with Crippen molar-refractivity contribution >= 4 is 11.9 Å². The van der Waals surface area contributed by atoms with Gasteiger partial charge in [0.05, 0.1) is 6.54 Å². The predicted molar refractivity (Wildman–Crippen MR) is 70.7 cm³/mol. The minimum Gasteiger partial charge on any atom is -0.407 e. The molecule has 0 unspecified atom stereocenters. The molecule has 0 saturated carbocycles. The SMILES string of the molecule is CCCNCc1nnc(N2CCNC(=O)C2(C)C)o1. The van der Waals surface area contributed by atoms with Crippen LogP contribution in [0.3, 0.4) is 0 Å². The van der Waals surface area contributed by atoms with Gasteiger partial charge in [-0.25, -0.2) is 0 Å². The van der Waals surface area contributed by atoms with E-state index in [0.29, 0.717) is 31.5 Å². The molecule has 7 nitrogen and oxygen atoms in total. The van der Waals surface area contributed by atoms with Crippen molar-refractivity contribution in [2.24, 2.45) is 0 Å². The van der Waals surface area contributed by atoms with Crippen LogP contribution in [-0.2, 0) is 11.3 Å². The monoisotopic (exact) mass is 267 g/mol. The van der Waals surface area contributed by atoms with Crippen LogP contribution in [0.5, 0.6) is 0 Å². The Labute approximate surface area is 112 Å². The number of aromatic nitrogens is 2. The fourth-order valence-electron chi connectivity index (χ4n) is 2.03. The highest BCUT2D eigenvalue weighted by molar-refractivity contribution is 5.89. The number of carbonyl (C=O) groups is 1. The molecule has 106 valence electrons. The third kappa shape index (κ3) is 2.86. The van der Waals surface area contributed by atoms with Crippen LogP contribution in [0.4, 0.5) is 6.01 Å². The van der Waals surface area contributed by atoms with Crippen molar-refractivity contribution in [3.8, 4) is 0 Å². The third-order valence-electron chi connectivity index (χ3n) is 3.24. The van der Waals surface area contributed by atoms with E-state index in [9.17, 15) is 4.79 Å². The van der Waals surface area contributed by atoms with Crippen LogP contribution in [0.25, 0.3) is 0 Å². The first kappa shape index (κ1) is 13.8. The number of anilines is 1. The second-order valence-electron chi connectivity index (χ2n) is 5.12. The Kier molecular flexibility index (Phi) is 4.04. The molecule has 1 aromatic rings. The van der Waals surface area contributed by atoms with E-state index in [1.165, 1.54) is 0 Å². The van der Waals surface area contributed by atoms with Crippen molar-refractivity contribution < 1.29 is 9.21 Å². The molecule has 0 radical (unpaired) electrons. The van der Waals surface area contributed by atoms with Crippen LogP contribution >= 0.6 is 0 Å². The summed E-state index contributed by atoms with van der Waals surface area (Å²) in [6.45, 7) is 8.52. The standard InChI is InChI=1S/C12H21N5O2/c1-4-5-13-8-9-15-16-11(19-9)17-7-6-14-10(18)12(17,2)3/h13H,4-8H2,1-3H3,(H,14,18). The van der Waals surface area contributed by atoms with Gasteiger partial charge in [0.15, 0.2) is 0 Å². The van der Waals surface area contributed by atoms with E-state index in [2.05, 4.69) is 27.8 Å². The van der Waals surface area contributed by atoms with Crippen molar-refractivity contribution in [3.05, 3.63) is 5.89 Å². The van der Waals surface area contributed by atoms with Crippen LogP contribution in [0, 0.1) is 0 Å². The third-order valence-corrected chi connectivity index (χ3v) is 3.24. The molecule has 2 rings (SSSR count). The summed E-state index contributed by atoms with van der Waals surface area (Å²) < 4.78 is 5.61. The van der Waals surface area contributed by atoms with Gasteiger partial charge in [0, 0.05) is 13.1 Å². The van der Waals surface area contributed by atoms with E-state index < -0.39 is 5.54 Å². The molecule has 0 atom stereocenters. The Morgan fingerprint density at radius 3 is 3.00 bits per heavy atom. The van der Waals surface area contributed by atoms with E-state index in [1.54, 1.807) is 0 Å². The highest BCUT2D eigenvalue weighted by Crippen LogP contribution is 2.24. The lowest BCUT2D eigenvalue weighted by atomic mass is 10.00. The predicted octanol–water partition coefficient (Wildman–Crippen LogP) is 0.284. The van der Waals surface area contributed by atoms with Crippen LogP contribution in [-0.4, -0.2) is 41.3 Å². The second-order valence-corrected chi connectivity index (χ2v) is 5.12. The average molecular weight is 267 g/mol. The molecular formula is C12H21N5O2. The van der Waals surface area contributed by atoms with E-state index >= 15 is 0 Å². The van der Waals surface area contributed by atoms with Crippen LogP contribution in [0.1, 0.15) is 33.1 Å². The van der Waals surface area contributed by atoms with Crippen molar-refractivity contribution in [1.29, 1.82) is 0 Å². The summed E-state index contributed by atoms with van der Waals surface area (Å²) in [4.78, 5) is 13.7. The molecule has 0 bridgehead atoms. The van der Waals surface area contributed by atoms with Gasteiger partial charge in [0.2, 0.25) is 11.8 Å². The maximum absolute atomic E-state index is 11.9. The largest absolute Gasteiger partial charge is 0.407 e. The highest BCUT2D eigenvalue weighted by Gasteiger charge is 2.40. The number of hydrogen-bond donors (Lipinski definition) is 2. The summed E-state index contributed by atoms with van der Waals surface area (Å²) in [6.07, 6.45) is 1.06. The molecule has 2 heterocycles. The smallest absolute Gasteiger partial charge is 0.319 e. The minimum atomic E-state index is -0.668. The van der Waals surface area contributed by atoms with Gasteiger partial charge in [-0.1, -0.05) is 12.0 Å². The van der Waals surface area contributed by atoms with Gasteiger partial charge in [-0.2, -0.15) is 0 Å². The number of nitrogens with one attached hydrogen (secondary N) is 2. The molecule has 1 aliphatic heterocycles. The van der Waals surface area contributed by atoms with Gasteiger partial charge in [-0.3, -0.25) is 4.79 Å². The molecule has 19 heavy (non-hydrogen) atoms. The van der Waals surface area contributed by atoms with Crippen LogP contribution in [0.2, 0.25) is 0 Å². The number of piperazine rings is 1. The zero-order valence-electron chi connectivity index (χ0n) is 11.7. The molecular weight excluding hydrogens is 246 g/mol. The summed E-state index contributed by atoms with van der Waals surface area (Å²) in [5, 5.41) is 14.1. The van der Waals surface area contributed by atoms with E-state index in [0.717, 1.165) is 13.0 Å². The molecule has 2 N–H and O–H groups in total. The molecule has 1 saturated heterocycles. The van der Waals surface area contributed by atoms with Gasteiger partial charge < -0.3 is 20.0 Å². The summed E-state index contributed by atoms with van der Waals surface area (Å²) in [5.41, 5.74) is -0.668. The Hall–Kier alpha value is -1.63. The van der Waals surface area contributed by atoms with Gasteiger partial charge >= 0.3 is 6.01 Å². The average Bonchev–Trinajstić information content (AvgIpc) is 2.81. The molecule has 1 aliphatic rings. The van der Waals surface area contributed by atoms with E-state index in [1.807, 2.05) is 18.7 Å². The van der Waals surface area contributed by atoms with Crippen molar-refractivity contribution in [2.45, 2.75) is 39.3 Å². The van der Waals surface area contributed by atoms with Gasteiger partial charge in [-0.05, 0) is 26.8 Å². The summed E-state index contributed by atoms with van der Waals surface area (Å²) in [5.74, 6) is 0.521. The minimum absolute atomic E-state index is 0.0254. The highest BCUT2D eigenvalue weighted by atomic mass is 16.4. The fraction of sp³-hybridized carbons (Fsp3) is 0.750. The first-order valence-corrected chi connectivity index (χ1v) is 6.64. The molecule has 0 spiro atoms. The molecule has 7 heteroatoms. The van der Waals surface area contributed by atoms with E-state index in [4.69, 9.17) is 4.42 Å². The Morgan fingerprint density at radius 1 is 1.47 bits per heavy atom. The summed E-state index contributed by atoms with van der Waals surface area (Å²) in [6, 6.07) is 0.410. The van der Waals surface area contributed by atoms with E-state index in [-0.39, 0.29) is 5.91 Å². The normalized spacial score (nSPS) is 18.5. The molecule has 0 aromatic carbocycles. The Balaban J connectivity index is 2.07.